The molecule has 2 aromatic rings. The fourth-order valence-electron chi connectivity index (χ4n) is 3.83. The summed E-state index contributed by atoms with van der Waals surface area (Å²) in [6.45, 7) is 9.54. The molecule has 196 valence electrons. The van der Waals surface area contributed by atoms with Gasteiger partial charge in [-0.2, -0.15) is 13.2 Å². The molecule has 2 aromatic carbocycles. The zero-order valence-electron chi connectivity index (χ0n) is 21.0. The number of rotatable bonds is 9. The normalized spacial score (nSPS) is 13.6. The lowest BCUT2D eigenvalue weighted by atomic mass is 9.81. The second-order valence-corrected chi connectivity index (χ2v) is 9.86. The van der Waals surface area contributed by atoms with Crippen LogP contribution in [0.25, 0.3) is 0 Å². The lowest BCUT2D eigenvalue weighted by molar-refractivity contribution is -0.137. The van der Waals surface area contributed by atoms with Gasteiger partial charge >= 0.3 is 6.18 Å². The lowest BCUT2D eigenvalue weighted by Gasteiger charge is -2.37. The molecule has 10 heteroatoms. The number of halogens is 3. The van der Waals surface area contributed by atoms with Gasteiger partial charge in [-0.05, 0) is 48.6 Å². The van der Waals surface area contributed by atoms with E-state index < -0.39 is 53.5 Å². The molecule has 36 heavy (non-hydrogen) atoms. The number of aryl methyl sites for hydroxylation is 2. The number of alkyl halides is 3. The molecular formula is C26H33F3N4O3. The summed E-state index contributed by atoms with van der Waals surface area (Å²) in [5.41, 5.74) is 7.13. The molecule has 0 saturated carbocycles. The van der Waals surface area contributed by atoms with E-state index in [2.05, 4.69) is 16.0 Å². The molecule has 3 amide bonds. The molecule has 0 heterocycles. The maximum Gasteiger partial charge on any atom is 0.416 e. The van der Waals surface area contributed by atoms with Crippen LogP contribution in [0.3, 0.4) is 0 Å². The predicted octanol–water partition coefficient (Wildman–Crippen LogP) is 3.23. The highest BCUT2D eigenvalue weighted by atomic mass is 19.4. The second kappa shape index (κ2) is 11.6. The van der Waals surface area contributed by atoms with E-state index >= 15 is 0 Å². The van der Waals surface area contributed by atoms with Crippen LogP contribution in [0.1, 0.15) is 53.4 Å². The number of amides is 3. The zero-order valence-corrected chi connectivity index (χ0v) is 21.0. The van der Waals surface area contributed by atoms with Crippen LogP contribution in [0.2, 0.25) is 0 Å². The van der Waals surface area contributed by atoms with Crippen molar-refractivity contribution < 1.29 is 27.6 Å². The maximum absolute atomic E-state index is 12.9. The Kier molecular flexibility index (Phi) is 9.26. The van der Waals surface area contributed by atoms with Gasteiger partial charge in [-0.1, -0.05) is 50.6 Å². The number of hydrogen-bond donors (Lipinski definition) is 4. The minimum Gasteiger partial charge on any atom is -0.368 e. The Morgan fingerprint density at radius 3 is 2.22 bits per heavy atom. The quantitative estimate of drug-likeness (QED) is 0.418. The number of primary amides is 1. The van der Waals surface area contributed by atoms with E-state index in [-0.39, 0.29) is 5.56 Å². The Bertz CT molecular complexity index is 1110. The zero-order chi connectivity index (χ0) is 27.3. The monoisotopic (exact) mass is 506 g/mol. The third-order valence-corrected chi connectivity index (χ3v) is 5.76. The predicted molar refractivity (Wildman–Crippen MR) is 131 cm³/mol. The molecule has 0 bridgehead atoms. The van der Waals surface area contributed by atoms with Crippen molar-refractivity contribution in [2.45, 2.75) is 59.4 Å². The summed E-state index contributed by atoms with van der Waals surface area (Å²) in [5, 5.41) is 8.16. The molecule has 0 saturated heterocycles. The van der Waals surface area contributed by atoms with E-state index in [0.717, 1.165) is 28.8 Å². The van der Waals surface area contributed by atoms with Gasteiger partial charge in [0.15, 0.2) is 0 Å². The van der Waals surface area contributed by atoms with Crippen molar-refractivity contribution in [1.82, 2.24) is 16.0 Å². The van der Waals surface area contributed by atoms with Crippen LogP contribution in [0.5, 0.6) is 0 Å². The van der Waals surface area contributed by atoms with Gasteiger partial charge in [0, 0.05) is 18.2 Å². The number of nitrogens with one attached hydrogen (secondary N) is 3. The standard InChI is InChI=1S/C26H33F3N4O3/c1-15-9-10-18(16(2)11-15)13-31-22(25(3,4)5)21(23(30)35)33-20(34)14-32-24(36)17-7-6-8-19(12-17)26(27,28)29/h6-12,21-22,31H,13-14H2,1-5H3,(H2,30,35)(H,32,36)(H,33,34). The van der Waals surface area contributed by atoms with Crippen LogP contribution in [-0.2, 0) is 22.3 Å². The number of nitrogens with two attached hydrogens (primary N) is 1. The van der Waals surface area contributed by atoms with E-state index in [1.807, 2.05) is 52.8 Å². The first-order valence-electron chi connectivity index (χ1n) is 11.4. The van der Waals surface area contributed by atoms with Crippen molar-refractivity contribution in [3.63, 3.8) is 0 Å². The van der Waals surface area contributed by atoms with E-state index in [0.29, 0.717) is 12.6 Å². The fraction of sp³-hybridized carbons (Fsp3) is 0.423. The highest BCUT2D eigenvalue weighted by Crippen LogP contribution is 2.29. The smallest absolute Gasteiger partial charge is 0.368 e. The Morgan fingerprint density at radius 2 is 1.67 bits per heavy atom. The van der Waals surface area contributed by atoms with Crippen LogP contribution in [0.15, 0.2) is 42.5 Å². The Morgan fingerprint density at radius 1 is 1.00 bits per heavy atom. The number of hydrogen-bond acceptors (Lipinski definition) is 4. The molecule has 0 aromatic heterocycles. The minimum atomic E-state index is -4.60. The Labute approximate surface area is 209 Å². The topological polar surface area (TPSA) is 113 Å². The van der Waals surface area contributed by atoms with Crippen LogP contribution in [0.4, 0.5) is 13.2 Å². The average molecular weight is 507 g/mol. The van der Waals surface area contributed by atoms with Gasteiger partial charge < -0.3 is 21.7 Å². The van der Waals surface area contributed by atoms with E-state index in [1.165, 1.54) is 6.07 Å². The highest BCUT2D eigenvalue weighted by molar-refractivity contribution is 5.97. The summed E-state index contributed by atoms with van der Waals surface area (Å²) in [4.78, 5) is 37.2. The van der Waals surface area contributed by atoms with Crippen molar-refractivity contribution >= 4 is 17.7 Å². The summed E-state index contributed by atoms with van der Waals surface area (Å²) < 4.78 is 38.7. The van der Waals surface area contributed by atoms with Gasteiger partial charge in [0.25, 0.3) is 5.91 Å². The molecule has 0 fully saturated rings. The first-order chi connectivity index (χ1) is 16.6. The number of benzene rings is 2. The molecule has 7 nitrogen and oxygen atoms in total. The van der Waals surface area contributed by atoms with Crippen LogP contribution in [-0.4, -0.2) is 36.3 Å². The molecule has 5 N–H and O–H groups in total. The summed E-state index contributed by atoms with van der Waals surface area (Å²) in [5.74, 6) is -2.32. The third-order valence-electron chi connectivity index (χ3n) is 5.76. The Hall–Kier alpha value is -3.40. The van der Waals surface area contributed by atoms with E-state index in [1.54, 1.807) is 0 Å². The fourth-order valence-corrected chi connectivity index (χ4v) is 3.83. The molecule has 0 aliphatic carbocycles. The summed E-state index contributed by atoms with van der Waals surface area (Å²) in [6, 6.07) is 8.22. The van der Waals surface area contributed by atoms with Crippen molar-refractivity contribution in [2.24, 2.45) is 11.1 Å². The molecule has 0 aliphatic heterocycles. The van der Waals surface area contributed by atoms with Crippen molar-refractivity contribution in [1.29, 1.82) is 0 Å². The molecule has 2 atom stereocenters. The van der Waals surface area contributed by atoms with Crippen LogP contribution >= 0.6 is 0 Å². The first-order valence-corrected chi connectivity index (χ1v) is 11.4. The van der Waals surface area contributed by atoms with Crippen LogP contribution < -0.4 is 21.7 Å². The number of carbonyl (C=O) groups is 3. The van der Waals surface area contributed by atoms with Gasteiger partial charge in [0.1, 0.15) is 6.04 Å². The van der Waals surface area contributed by atoms with E-state index in [4.69, 9.17) is 5.73 Å². The number of carbonyl (C=O) groups excluding carboxylic acids is 3. The molecule has 2 rings (SSSR count). The van der Waals surface area contributed by atoms with Crippen LogP contribution in [0, 0.1) is 19.3 Å². The summed E-state index contributed by atoms with van der Waals surface area (Å²) >= 11 is 0. The van der Waals surface area contributed by atoms with Gasteiger partial charge in [0.2, 0.25) is 11.8 Å². The minimum absolute atomic E-state index is 0.244. The highest BCUT2D eigenvalue weighted by Gasteiger charge is 2.36. The summed E-state index contributed by atoms with van der Waals surface area (Å²) in [6.07, 6.45) is -4.60. The molecule has 2 unspecified atom stereocenters. The molecule has 0 spiro atoms. The summed E-state index contributed by atoms with van der Waals surface area (Å²) in [7, 11) is 0. The average Bonchev–Trinajstić information content (AvgIpc) is 2.76. The van der Waals surface area contributed by atoms with Crippen molar-refractivity contribution in [2.75, 3.05) is 6.54 Å². The van der Waals surface area contributed by atoms with Gasteiger partial charge in [0.05, 0.1) is 12.1 Å². The van der Waals surface area contributed by atoms with Gasteiger partial charge in [-0.25, -0.2) is 0 Å². The first kappa shape index (κ1) is 28.8. The molecule has 0 aliphatic rings. The SMILES string of the molecule is Cc1ccc(CNC(C(NC(=O)CNC(=O)c2cccc(C(F)(F)F)c2)C(N)=O)C(C)(C)C)c(C)c1. The second-order valence-electron chi connectivity index (χ2n) is 9.86. The van der Waals surface area contributed by atoms with Crippen molar-refractivity contribution in [3.05, 3.63) is 70.3 Å². The Balaban J connectivity index is 2.09. The van der Waals surface area contributed by atoms with Gasteiger partial charge in [-0.3, -0.25) is 14.4 Å². The van der Waals surface area contributed by atoms with E-state index in [9.17, 15) is 27.6 Å². The molecule has 0 radical (unpaired) electrons. The maximum atomic E-state index is 12.9. The third kappa shape index (κ3) is 8.08. The largest absolute Gasteiger partial charge is 0.416 e. The molecular weight excluding hydrogens is 473 g/mol. The van der Waals surface area contributed by atoms with Crippen molar-refractivity contribution in [3.8, 4) is 0 Å². The van der Waals surface area contributed by atoms with Gasteiger partial charge in [-0.15, -0.1) is 0 Å². The lowest BCUT2D eigenvalue weighted by Crippen LogP contribution is -2.61.